The molecule has 2 heterocycles. The van der Waals surface area contributed by atoms with E-state index in [9.17, 15) is 4.79 Å². The minimum absolute atomic E-state index is 0.132. The maximum atomic E-state index is 12.1. The van der Waals surface area contributed by atoms with Gasteiger partial charge in [0.05, 0.1) is 18.4 Å². The Morgan fingerprint density at radius 1 is 1.36 bits per heavy atom. The average molecular weight is 340 g/mol. The van der Waals surface area contributed by atoms with Crippen molar-refractivity contribution in [1.82, 2.24) is 20.2 Å². The molecule has 0 bridgehead atoms. The van der Waals surface area contributed by atoms with Crippen molar-refractivity contribution in [2.75, 3.05) is 26.7 Å². The Bertz CT molecular complexity index is 735. The van der Waals surface area contributed by atoms with E-state index in [-0.39, 0.29) is 11.8 Å². The highest BCUT2D eigenvalue weighted by Crippen LogP contribution is 2.28. The lowest BCUT2D eigenvalue weighted by molar-refractivity contribution is -0.131. The van der Waals surface area contributed by atoms with Gasteiger partial charge in [0.1, 0.15) is 5.75 Å². The summed E-state index contributed by atoms with van der Waals surface area (Å²) in [6.07, 6.45) is 5.39. The van der Waals surface area contributed by atoms with Crippen LogP contribution in [0.15, 0.2) is 36.7 Å². The molecule has 132 valence electrons. The summed E-state index contributed by atoms with van der Waals surface area (Å²) in [7, 11) is 1.79. The fraction of sp³-hybridized carbons (Fsp3) is 0.421. The third-order valence-corrected chi connectivity index (χ3v) is 4.46. The molecular formula is C19H24N4O2. The molecule has 6 heteroatoms. The predicted molar refractivity (Wildman–Crippen MR) is 95.8 cm³/mol. The van der Waals surface area contributed by atoms with Crippen molar-refractivity contribution in [3.8, 4) is 11.6 Å². The number of para-hydroxylation sites is 1. The number of ether oxygens (including phenoxy) is 1. The minimum Gasteiger partial charge on any atom is -0.437 e. The highest BCUT2D eigenvalue weighted by atomic mass is 16.5. The van der Waals surface area contributed by atoms with Gasteiger partial charge >= 0.3 is 0 Å². The van der Waals surface area contributed by atoms with Crippen molar-refractivity contribution in [2.24, 2.45) is 0 Å². The van der Waals surface area contributed by atoms with Crippen molar-refractivity contribution >= 4 is 5.91 Å². The van der Waals surface area contributed by atoms with Crippen LogP contribution < -0.4 is 10.1 Å². The van der Waals surface area contributed by atoms with E-state index in [1.165, 1.54) is 0 Å². The Balaban J connectivity index is 1.72. The topological polar surface area (TPSA) is 67.4 Å². The number of nitrogens with one attached hydrogen (secondary N) is 1. The van der Waals surface area contributed by atoms with Crippen molar-refractivity contribution in [3.05, 3.63) is 47.9 Å². The van der Waals surface area contributed by atoms with Crippen molar-refractivity contribution in [3.63, 3.8) is 0 Å². The van der Waals surface area contributed by atoms with Crippen molar-refractivity contribution in [2.45, 2.75) is 25.7 Å². The van der Waals surface area contributed by atoms with E-state index in [0.29, 0.717) is 19.0 Å². The van der Waals surface area contributed by atoms with Crippen molar-refractivity contribution in [1.29, 1.82) is 0 Å². The number of likely N-dealkylation sites (N-methyl/N-ethyl adjacent to an activating group) is 1. The van der Waals surface area contributed by atoms with Crippen LogP contribution in [-0.4, -0.2) is 47.5 Å². The molecule has 3 rings (SSSR count). The van der Waals surface area contributed by atoms with Gasteiger partial charge in [-0.2, -0.15) is 0 Å². The number of carbonyl (C=O) groups is 1. The van der Waals surface area contributed by atoms with E-state index in [1.54, 1.807) is 19.4 Å². The van der Waals surface area contributed by atoms with Crippen molar-refractivity contribution < 1.29 is 9.53 Å². The van der Waals surface area contributed by atoms with Gasteiger partial charge in [-0.3, -0.25) is 9.78 Å². The van der Waals surface area contributed by atoms with Crippen LogP contribution in [0.5, 0.6) is 11.6 Å². The third-order valence-electron chi connectivity index (χ3n) is 4.46. The first-order valence-corrected chi connectivity index (χ1v) is 8.65. The Morgan fingerprint density at radius 2 is 2.20 bits per heavy atom. The van der Waals surface area contributed by atoms with Gasteiger partial charge in [0, 0.05) is 25.2 Å². The van der Waals surface area contributed by atoms with Gasteiger partial charge < -0.3 is 15.0 Å². The Morgan fingerprint density at radius 3 is 3.00 bits per heavy atom. The van der Waals surface area contributed by atoms with E-state index in [1.807, 2.05) is 36.1 Å². The molecule has 1 amide bonds. The molecule has 1 unspecified atom stereocenters. The van der Waals surface area contributed by atoms with E-state index in [4.69, 9.17) is 4.74 Å². The summed E-state index contributed by atoms with van der Waals surface area (Å²) in [6, 6.07) is 7.83. The predicted octanol–water partition coefficient (Wildman–Crippen LogP) is 2.50. The van der Waals surface area contributed by atoms with Crippen LogP contribution in [0.3, 0.4) is 0 Å². The molecular weight excluding hydrogens is 316 g/mol. The molecule has 0 spiro atoms. The van der Waals surface area contributed by atoms with Crippen LogP contribution in [0.1, 0.15) is 30.0 Å². The molecule has 25 heavy (non-hydrogen) atoms. The van der Waals surface area contributed by atoms with Crippen LogP contribution in [-0.2, 0) is 4.79 Å². The summed E-state index contributed by atoms with van der Waals surface area (Å²) in [5.41, 5.74) is 1.93. The molecule has 1 aromatic carbocycles. The normalized spacial score (nSPS) is 17.4. The van der Waals surface area contributed by atoms with E-state index in [0.717, 1.165) is 36.4 Å². The number of piperidine rings is 1. The summed E-state index contributed by atoms with van der Waals surface area (Å²) in [5, 5.41) is 2.92. The Kier molecular flexibility index (Phi) is 5.60. The van der Waals surface area contributed by atoms with Crippen LogP contribution in [0.25, 0.3) is 0 Å². The molecule has 1 fully saturated rings. The zero-order valence-electron chi connectivity index (χ0n) is 14.7. The van der Waals surface area contributed by atoms with Gasteiger partial charge in [-0.1, -0.05) is 18.2 Å². The first-order chi connectivity index (χ1) is 12.2. The number of hydrogen-bond acceptors (Lipinski definition) is 5. The standard InChI is InChI=1S/C19H24N4O2/c1-14-6-3-4-8-17(14)25-18-11-21-10-16(22-18)15-7-5-9-23(13-15)19(24)12-20-2/h3-4,6,8,10-11,15,20H,5,7,9,12-13H2,1-2H3. The minimum atomic E-state index is 0.132. The Hall–Kier alpha value is -2.47. The highest BCUT2D eigenvalue weighted by Gasteiger charge is 2.25. The molecule has 0 radical (unpaired) electrons. The van der Waals surface area contributed by atoms with Gasteiger partial charge in [-0.25, -0.2) is 4.98 Å². The maximum absolute atomic E-state index is 12.1. The number of aryl methyl sites for hydroxylation is 1. The fourth-order valence-electron chi connectivity index (χ4n) is 3.10. The smallest absolute Gasteiger partial charge is 0.238 e. The molecule has 1 aromatic heterocycles. The quantitative estimate of drug-likeness (QED) is 0.906. The van der Waals surface area contributed by atoms with Gasteiger partial charge in [0.15, 0.2) is 0 Å². The number of benzene rings is 1. The number of likely N-dealkylation sites (tertiary alicyclic amines) is 1. The molecule has 1 saturated heterocycles. The summed E-state index contributed by atoms with van der Waals surface area (Å²) < 4.78 is 5.89. The molecule has 0 aliphatic carbocycles. The average Bonchev–Trinajstić information content (AvgIpc) is 2.64. The van der Waals surface area contributed by atoms with Gasteiger partial charge in [0.25, 0.3) is 0 Å². The molecule has 1 atom stereocenters. The number of hydrogen-bond donors (Lipinski definition) is 1. The number of rotatable bonds is 5. The molecule has 1 aliphatic heterocycles. The van der Waals surface area contributed by atoms with Gasteiger partial charge in [0.2, 0.25) is 11.8 Å². The second-order valence-corrected chi connectivity index (χ2v) is 6.36. The number of amides is 1. The van der Waals surface area contributed by atoms with Gasteiger partial charge in [-0.05, 0) is 38.4 Å². The number of carbonyl (C=O) groups excluding carboxylic acids is 1. The van der Waals surface area contributed by atoms with Crippen LogP contribution in [0, 0.1) is 6.92 Å². The lowest BCUT2D eigenvalue weighted by Crippen LogP contribution is -2.43. The first-order valence-electron chi connectivity index (χ1n) is 8.65. The zero-order valence-corrected chi connectivity index (χ0v) is 14.7. The fourth-order valence-corrected chi connectivity index (χ4v) is 3.10. The molecule has 1 aliphatic rings. The summed E-state index contributed by atoms with van der Waals surface area (Å²) in [4.78, 5) is 23.0. The zero-order chi connectivity index (χ0) is 17.6. The molecule has 2 aromatic rings. The van der Waals surface area contributed by atoms with Crippen LogP contribution in [0.4, 0.5) is 0 Å². The summed E-state index contributed by atoms with van der Waals surface area (Å²) in [5.74, 6) is 1.60. The number of aromatic nitrogens is 2. The van der Waals surface area contributed by atoms with E-state index >= 15 is 0 Å². The highest BCUT2D eigenvalue weighted by molar-refractivity contribution is 5.78. The van der Waals surface area contributed by atoms with Crippen LogP contribution in [0.2, 0.25) is 0 Å². The first kappa shape index (κ1) is 17.4. The molecule has 1 N–H and O–H groups in total. The maximum Gasteiger partial charge on any atom is 0.238 e. The van der Waals surface area contributed by atoms with E-state index < -0.39 is 0 Å². The molecule has 0 saturated carbocycles. The largest absolute Gasteiger partial charge is 0.437 e. The second-order valence-electron chi connectivity index (χ2n) is 6.36. The van der Waals surface area contributed by atoms with Crippen LogP contribution >= 0.6 is 0 Å². The monoisotopic (exact) mass is 340 g/mol. The third kappa shape index (κ3) is 4.33. The lowest BCUT2D eigenvalue weighted by atomic mass is 9.95. The Labute approximate surface area is 148 Å². The molecule has 6 nitrogen and oxygen atoms in total. The van der Waals surface area contributed by atoms with E-state index in [2.05, 4.69) is 15.3 Å². The second kappa shape index (κ2) is 8.07. The van der Waals surface area contributed by atoms with Gasteiger partial charge in [-0.15, -0.1) is 0 Å². The number of nitrogens with zero attached hydrogens (tertiary/aromatic N) is 3. The summed E-state index contributed by atoms with van der Waals surface area (Å²) in [6.45, 7) is 3.86. The lowest BCUT2D eigenvalue weighted by Gasteiger charge is -2.32. The summed E-state index contributed by atoms with van der Waals surface area (Å²) >= 11 is 0. The SMILES string of the molecule is CNCC(=O)N1CCCC(c2cncc(Oc3ccccc3C)n2)C1.